The summed E-state index contributed by atoms with van der Waals surface area (Å²) in [5.41, 5.74) is 3.70. The molecule has 4 rings (SSSR count). The van der Waals surface area contributed by atoms with Crippen LogP contribution in [0.2, 0.25) is 5.02 Å². The average Bonchev–Trinajstić information content (AvgIpc) is 3.59. The van der Waals surface area contributed by atoms with Crippen molar-refractivity contribution in [1.29, 1.82) is 0 Å². The highest BCUT2D eigenvalue weighted by molar-refractivity contribution is 7.53. The molecule has 0 saturated carbocycles. The van der Waals surface area contributed by atoms with E-state index in [1.165, 1.54) is 31.3 Å². The van der Waals surface area contributed by atoms with Crippen molar-refractivity contribution in [2.45, 2.75) is 12.5 Å². The van der Waals surface area contributed by atoms with Crippen molar-refractivity contribution in [2.75, 3.05) is 44.2 Å². The fraction of sp³-hybridized carbons (Fsp3) is 0.233. The number of hydrogen-bond acceptors (Lipinski definition) is 10. The van der Waals surface area contributed by atoms with Gasteiger partial charge in [-0.05, 0) is 71.0 Å². The normalized spacial score (nSPS) is 12.1. The van der Waals surface area contributed by atoms with E-state index in [2.05, 4.69) is 31.5 Å². The molecule has 13 nitrogen and oxygen atoms in total. The summed E-state index contributed by atoms with van der Waals surface area (Å²) in [5, 5.41) is 20.8. The van der Waals surface area contributed by atoms with E-state index in [9.17, 15) is 14.2 Å². The van der Waals surface area contributed by atoms with Crippen molar-refractivity contribution in [2.24, 2.45) is 0 Å². The first kappa shape index (κ1) is 33.3. The van der Waals surface area contributed by atoms with E-state index in [1.54, 1.807) is 48.5 Å². The summed E-state index contributed by atoms with van der Waals surface area (Å²) in [5.74, 6) is -0.286. The van der Waals surface area contributed by atoms with E-state index in [4.69, 9.17) is 25.4 Å². The van der Waals surface area contributed by atoms with Gasteiger partial charge in [0.1, 0.15) is 12.9 Å². The van der Waals surface area contributed by atoms with Crippen molar-refractivity contribution in [1.82, 2.24) is 25.5 Å². The molecular formula is C30H33ClN7O6P. The number of aromatic nitrogens is 4. The fourth-order valence-electron chi connectivity index (χ4n) is 4.20. The summed E-state index contributed by atoms with van der Waals surface area (Å²) in [6, 6.07) is 21.8. The summed E-state index contributed by atoms with van der Waals surface area (Å²) in [6.45, 7) is 0.295. The first-order valence-electron chi connectivity index (χ1n) is 13.8. The third-order valence-electron chi connectivity index (χ3n) is 6.51. The van der Waals surface area contributed by atoms with Crippen LogP contribution in [0, 0.1) is 0 Å². The van der Waals surface area contributed by atoms with Crippen molar-refractivity contribution in [3.05, 3.63) is 101 Å². The van der Waals surface area contributed by atoms with Gasteiger partial charge in [0.15, 0.2) is 0 Å². The quantitative estimate of drug-likeness (QED) is 0.115. The van der Waals surface area contributed by atoms with E-state index in [1.807, 2.05) is 30.3 Å². The zero-order valence-electron chi connectivity index (χ0n) is 24.6. The zero-order valence-corrected chi connectivity index (χ0v) is 26.3. The molecule has 0 bridgehead atoms. The molecule has 45 heavy (non-hydrogen) atoms. The van der Waals surface area contributed by atoms with Gasteiger partial charge in [-0.3, -0.25) is 14.7 Å². The first-order chi connectivity index (χ1) is 21.8. The molecule has 236 valence electrons. The standard InChI is InChI=1S/C30H33ClN7O6P/c1-42-45(41,43-2)17-16-44-30(40)35-26-12-10-25(11-13-26)32-20-27(18-22-6-4-3-5-7-22)34-29(39)15-8-23-19-24(31)9-14-28(23)38-21-33-36-37-38/h3-15,19,21,27,32H,16-18,20H2,1-2H3,(H,34,39)(H,35,40). The molecule has 15 heteroatoms. The number of anilines is 2. The minimum absolute atomic E-state index is 0.0604. The molecule has 4 aromatic rings. The second-order valence-electron chi connectivity index (χ2n) is 9.60. The molecule has 2 amide bonds. The average molecular weight is 654 g/mol. The summed E-state index contributed by atoms with van der Waals surface area (Å²) in [6.07, 6.45) is 4.40. The molecule has 0 saturated heterocycles. The van der Waals surface area contributed by atoms with E-state index in [-0.39, 0.29) is 24.7 Å². The Hall–Kier alpha value is -4.55. The van der Waals surface area contributed by atoms with Crippen molar-refractivity contribution in [3.63, 3.8) is 0 Å². The number of hydrogen-bond donors (Lipinski definition) is 3. The molecular weight excluding hydrogens is 621 g/mol. The maximum absolute atomic E-state index is 13.0. The lowest BCUT2D eigenvalue weighted by Crippen LogP contribution is -2.40. The highest BCUT2D eigenvalue weighted by Crippen LogP contribution is 2.45. The van der Waals surface area contributed by atoms with Crippen LogP contribution in [-0.4, -0.2) is 71.8 Å². The van der Waals surface area contributed by atoms with Crippen molar-refractivity contribution >= 4 is 48.6 Å². The van der Waals surface area contributed by atoms with Gasteiger partial charge < -0.3 is 24.4 Å². The molecule has 0 spiro atoms. The maximum atomic E-state index is 13.0. The fourth-order valence-corrected chi connectivity index (χ4v) is 5.21. The largest absolute Gasteiger partial charge is 0.449 e. The van der Waals surface area contributed by atoms with Gasteiger partial charge in [-0.15, -0.1) is 5.10 Å². The number of nitrogens with zero attached hydrogens (tertiary/aromatic N) is 4. The molecule has 3 N–H and O–H groups in total. The number of rotatable bonds is 15. The lowest BCUT2D eigenvalue weighted by atomic mass is 10.1. The van der Waals surface area contributed by atoms with Gasteiger partial charge in [0.2, 0.25) is 5.91 Å². The van der Waals surface area contributed by atoms with Gasteiger partial charge >= 0.3 is 13.7 Å². The van der Waals surface area contributed by atoms with Gasteiger partial charge in [0, 0.05) is 48.8 Å². The van der Waals surface area contributed by atoms with Crippen LogP contribution in [0.5, 0.6) is 0 Å². The number of amides is 2. The van der Waals surface area contributed by atoms with Gasteiger partial charge in [-0.1, -0.05) is 41.9 Å². The highest BCUT2D eigenvalue weighted by Gasteiger charge is 2.21. The van der Waals surface area contributed by atoms with Crippen molar-refractivity contribution < 1.29 is 27.9 Å². The predicted molar refractivity (Wildman–Crippen MR) is 172 cm³/mol. The minimum atomic E-state index is -3.26. The number of nitrogens with one attached hydrogen (secondary N) is 3. The van der Waals surface area contributed by atoms with Crippen LogP contribution in [0.25, 0.3) is 11.8 Å². The Kier molecular flexibility index (Phi) is 12.2. The van der Waals surface area contributed by atoms with Crippen LogP contribution in [0.15, 0.2) is 85.2 Å². The molecule has 3 aromatic carbocycles. The Labute approximate surface area is 265 Å². The smallest absolute Gasteiger partial charge is 0.411 e. The Balaban J connectivity index is 1.35. The third kappa shape index (κ3) is 10.5. The van der Waals surface area contributed by atoms with Crippen LogP contribution in [-0.2, 0) is 29.6 Å². The third-order valence-corrected chi connectivity index (χ3v) is 8.59. The Morgan fingerprint density at radius 1 is 1.02 bits per heavy atom. The number of carbonyl (C=O) groups is 2. The lowest BCUT2D eigenvalue weighted by molar-refractivity contribution is -0.117. The maximum Gasteiger partial charge on any atom is 0.411 e. The highest BCUT2D eigenvalue weighted by atomic mass is 35.5. The molecule has 1 atom stereocenters. The van der Waals surface area contributed by atoms with E-state index >= 15 is 0 Å². The second kappa shape index (κ2) is 16.5. The molecule has 1 heterocycles. The molecule has 0 radical (unpaired) electrons. The van der Waals surface area contributed by atoms with Crippen molar-refractivity contribution in [3.8, 4) is 5.69 Å². The lowest BCUT2D eigenvalue weighted by Gasteiger charge is -2.20. The van der Waals surface area contributed by atoms with E-state index in [0.717, 1.165) is 11.3 Å². The van der Waals surface area contributed by atoms with Crippen LogP contribution in [0.3, 0.4) is 0 Å². The van der Waals surface area contributed by atoms with Crippen LogP contribution in [0.1, 0.15) is 11.1 Å². The molecule has 0 aliphatic rings. The van der Waals surface area contributed by atoms with E-state index < -0.39 is 13.7 Å². The molecule has 0 fully saturated rings. The topological polar surface area (TPSA) is 159 Å². The number of tetrazole rings is 1. The Morgan fingerprint density at radius 3 is 2.44 bits per heavy atom. The number of benzene rings is 3. The molecule has 1 unspecified atom stereocenters. The first-order valence-corrected chi connectivity index (χ1v) is 15.9. The number of carbonyl (C=O) groups excluding carboxylic acids is 2. The SMILES string of the molecule is COP(=O)(CCOC(=O)Nc1ccc(NCC(Cc2ccccc2)NC(=O)C=Cc2cc(Cl)ccc2-n2cnnn2)cc1)OC. The van der Waals surface area contributed by atoms with Crippen LogP contribution < -0.4 is 16.0 Å². The van der Waals surface area contributed by atoms with Gasteiger partial charge in [-0.2, -0.15) is 4.68 Å². The Morgan fingerprint density at radius 2 is 1.76 bits per heavy atom. The minimum Gasteiger partial charge on any atom is -0.449 e. The summed E-state index contributed by atoms with van der Waals surface area (Å²) in [7, 11) is -0.720. The summed E-state index contributed by atoms with van der Waals surface area (Å²) in [4.78, 5) is 25.1. The van der Waals surface area contributed by atoms with Crippen LogP contribution in [0.4, 0.5) is 16.2 Å². The van der Waals surface area contributed by atoms with Gasteiger partial charge in [0.25, 0.3) is 0 Å². The van der Waals surface area contributed by atoms with Crippen LogP contribution >= 0.6 is 19.2 Å². The van der Waals surface area contributed by atoms with Gasteiger partial charge in [-0.25, -0.2) is 4.79 Å². The number of ether oxygens (including phenoxy) is 1. The number of halogens is 1. The van der Waals surface area contributed by atoms with Gasteiger partial charge in [0.05, 0.1) is 17.9 Å². The summed E-state index contributed by atoms with van der Waals surface area (Å²) >= 11 is 6.20. The zero-order chi connectivity index (χ0) is 32.1. The Bertz CT molecular complexity index is 1610. The molecule has 0 aliphatic carbocycles. The van der Waals surface area contributed by atoms with E-state index in [0.29, 0.717) is 34.9 Å². The molecule has 1 aromatic heterocycles. The predicted octanol–water partition coefficient (Wildman–Crippen LogP) is 5.20. The monoisotopic (exact) mass is 653 g/mol. The molecule has 0 aliphatic heterocycles. The summed E-state index contributed by atoms with van der Waals surface area (Å²) < 4.78 is 28.3. The second-order valence-corrected chi connectivity index (χ2v) is 12.4.